The minimum Gasteiger partial charge on any atom is -0.324 e. The smallest absolute Gasteiger partial charge is 0.243 e. The predicted molar refractivity (Wildman–Crippen MR) is 113 cm³/mol. The number of hydrogen-bond donors (Lipinski definition) is 1. The standard InChI is InChI=1S/C21H23N5O2S/c1-25-13-15-26(16-14-25)29(27,28)19-9-7-17(8-10-19)20-11-12-22-21(24-20)23-18-5-3-2-4-6-18/h2-12H,13-16H2,1H3,(H,22,23,24). The third kappa shape index (κ3) is 4.45. The largest absolute Gasteiger partial charge is 0.324 e. The second-order valence-corrected chi connectivity index (χ2v) is 8.93. The van der Waals surface area contributed by atoms with E-state index in [0.29, 0.717) is 23.9 Å². The number of nitrogens with one attached hydrogen (secondary N) is 1. The number of hydrogen-bond acceptors (Lipinski definition) is 6. The molecule has 0 saturated carbocycles. The number of anilines is 2. The summed E-state index contributed by atoms with van der Waals surface area (Å²) in [6.07, 6.45) is 1.68. The molecule has 0 aliphatic carbocycles. The summed E-state index contributed by atoms with van der Waals surface area (Å²) in [5.41, 5.74) is 2.46. The van der Waals surface area contributed by atoms with Gasteiger partial charge in [-0.25, -0.2) is 18.4 Å². The van der Waals surface area contributed by atoms with Gasteiger partial charge in [0, 0.05) is 43.6 Å². The van der Waals surface area contributed by atoms with Gasteiger partial charge in [0.15, 0.2) is 0 Å². The molecule has 3 aromatic rings. The topological polar surface area (TPSA) is 78.4 Å². The molecule has 0 radical (unpaired) electrons. The molecule has 4 rings (SSSR count). The summed E-state index contributed by atoms with van der Waals surface area (Å²) in [5, 5.41) is 3.17. The Balaban J connectivity index is 1.53. The second kappa shape index (κ2) is 8.28. The van der Waals surface area contributed by atoms with Crippen molar-refractivity contribution in [1.29, 1.82) is 0 Å². The Morgan fingerprint density at radius 3 is 2.28 bits per heavy atom. The summed E-state index contributed by atoms with van der Waals surface area (Å²) < 4.78 is 27.3. The van der Waals surface area contributed by atoms with Gasteiger partial charge in [0.2, 0.25) is 16.0 Å². The van der Waals surface area contributed by atoms with Crippen molar-refractivity contribution in [3.8, 4) is 11.3 Å². The fraction of sp³-hybridized carbons (Fsp3) is 0.238. The van der Waals surface area contributed by atoms with Crippen LogP contribution < -0.4 is 5.32 Å². The molecular weight excluding hydrogens is 386 g/mol. The van der Waals surface area contributed by atoms with Gasteiger partial charge in [0.25, 0.3) is 0 Å². The first-order chi connectivity index (χ1) is 14.0. The van der Waals surface area contributed by atoms with E-state index in [9.17, 15) is 8.42 Å². The maximum absolute atomic E-state index is 12.9. The highest BCUT2D eigenvalue weighted by atomic mass is 32.2. The van der Waals surface area contributed by atoms with E-state index < -0.39 is 10.0 Å². The van der Waals surface area contributed by atoms with Crippen molar-refractivity contribution < 1.29 is 8.42 Å². The Morgan fingerprint density at radius 2 is 1.59 bits per heavy atom. The lowest BCUT2D eigenvalue weighted by molar-refractivity contribution is 0.222. The van der Waals surface area contributed by atoms with E-state index in [1.165, 1.54) is 0 Å². The molecule has 1 fully saturated rings. The van der Waals surface area contributed by atoms with Gasteiger partial charge in [0.1, 0.15) is 0 Å². The zero-order valence-corrected chi connectivity index (χ0v) is 17.0. The van der Waals surface area contributed by atoms with Crippen LogP contribution in [0.15, 0.2) is 71.8 Å². The predicted octanol–water partition coefficient (Wildman–Crippen LogP) is 2.82. The normalized spacial score (nSPS) is 15.9. The summed E-state index contributed by atoms with van der Waals surface area (Å²) in [5.74, 6) is 0.489. The first kappa shape index (κ1) is 19.5. The molecule has 2 aromatic carbocycles. The summed E-state index contributed by atoms with van der Waals surface area (Å²) in [4.78, 5) is 11.2. The molecule has 0 bridgehead atoms. The van der Waals surface area contributed by atoms with E-state index in [2.05, 4.69) is 20.2 Å². The van der Waals surface area contributed by atoms with Crippen LogP contribution in [-0.2, 0) is 10.0 Å². The second-order valence-electron chi connectivity index (χ2n) is 6.99. The maximum atomic E-state index is 12.9. The lowest BCUT2D eigenvalue weighted by Crippen LogP contribution is -2.46. The van der Waals surface area contributed by atoms with Gasteiger partial charge < -0.3 is 10.2 Å². The van der Waals surface area contributed by atoms with Crippen molar-refractivity contribution in [3.63, 3.8) is 0 Å². The quantitative estimate of drug-likeness (QED) is 0.698. The fourth-order valence-corrected chi connectivity index (χ4v) is 4.63. The third-order valence-corrected chi connectivity index (χ3v) is 6.85. The van der Waals surface area contributed by atoms with E-state index in [4.69, 9.17) is 0 Å². The summed E-state index contributed by atoms with van der Waals surface area (Å²) in [6, 6.07) is 18.4. The average Bonchev–Trinajstić information content (AvgIpc) is 2.75. The van der Waals surface area contributed by atoms with E-state index in [1.54, 1.807) is 40.8 Å². The molecular formula is C21H23N5O2S. The Hall–Kier alpha value is -2.81. The zero-order chi connectivity index (χ0) is 20.3. The fourth-order valence-electron chi connectivity index (χ4n) is 3.21. The van der Waals surface area contributed by atoms with Gasteiger partial charge >= 0.3 is 0 Å². The minimum absolute atomic E-state index is 0.308. The Kier molecular flexibility index (Phi) is 5.57. The minimum atomic E-state index is -3.47. The lowest BCUT2D eigenvalue weighted by atomic mass is 10.1. The van der Waals surface area contributed by atoms with Crippen LogP contribution in [0.3, 0.4) is 0 Å². The van der Waals surface area contributed by atoms with E-state index >= 15 is 0 Å². The summed E-state index contributed by atoms with van der Waals surface area (Å²) >= 11 is 0. The van der Waals surface area contributed by atoms with E-state index in [1.807, 2.05) is 37.4 Å². The van der Waals surface area contributed by atoms with Gasteiger partial charge in [-0.15, -0.1) is 0 Å². The van der Waals surface area contributed by atoms with Crippen molar-refractivity contribution in [1.82, 2.24) is 19.2 Å². The molecule has 0 spiro atoms. The van der Waals surface area contributed by atoms with Gasteiger partial charge in [0.05, 0.1) is 10.6 Å². The average molecular weight is 410 g/mol. The Bertz CT molecular complexity index is 1060. The molecule has 1 N–H and O–H groups in total. The zero-order valence-electron chi connectivity index (χ0n) is 16.2. The molecule has 150 valence electrons. The first-order valence-corrected chi connectivity index (χ1v) is 10.9. The van der Waals surface area contributed by atoms with Crippen LogP contribution in [-0.4, -0.2) is 60.8 Å². The van der Waals surface area contributed by atoms with Gasteiger partial charge in [-0.2, -0.15) is 4.31 Å². The Morgan fingerprint density at radius 1 is 0.897 bits per heavy atom. The highest BCUT2D eigenvalue weighted by molar-refractivity contribution is 7.89. The summed E-state index contributed by atoms with van der Waals surface area (Å²) in [6.45, 7) is 2.52. The van der Waals surface area contributed by atoms with E-state index in [0.717, 1.165) is 30.0 Å². The Labute approximate surface area is 171 Å². The SMILES string of the molecule is CN1CCN(S(=O)(=O)c2ccc(-c3ccnc(Nc4ccccc4)n3)cc2)CC1. The van der Waals surface area contributed by atoms with Gasteiger partial charge in [-0.1, -0.05) is 30.3 Å². The number of piperazine rings is 1. The molecule has 2 heterocycles. The highest BCUT2D eigenvalue weighted by Gasteiger charge is 2.27. The van der Waals surface area contributed by atoms with Crippen LogP contribution in [0.1, 0.15) is 0 Å². The molecule has 29 heavy (non-hydrogen) atoms. The molecule has 0 unspecified atom stereocenters. The maximum Gasteiger partial charge on any atom is 0.243 e. The van der Waals surface area contributed by atoms with Crippen LogP contribution in [0.25, 0.3) is 11.3 Å². The molecule has 1 saturated heterocycles. The van der Waals surface area contributed by atoms with Crippen molar-refractivity contribution in [2.45, 2.75) is 4.90 Å². The first-order valence-electron chi connectivity index (χ1n) is 9.47. The molecule has 1 aromatic heterocycles. The van der Waals surface area contributed by atoms with Crippen LogP contribution in [0.5, 0.6) is 0 Å². The number of likely N-dealkylation sites (N-methyl/N-ethyl adjacent to an activating group) is 1. The van der Waals surface area contributed by atoms with Gasteiger partial charge in [-0.05, 0) is 37.4 Å². The van der Waals surface area contributed by atoms with Crippen LogP contribution >= 0.6 is 0 Å². The number of nitrogens with zero attached hydrogens (tertiary/aromatic N) is 4. The molecule has 0 amide bonds. The molecule has 0 atom stereocenters. The number of aromatic nitrogens is 2. The monoisotopic (exact) mass is 409 g/mol. The number of rotatable bonds is 5. The third-order valence-electron chi connectivity index (χ3n) is 4.94. The van der Waals surface area contributed by atoms with Crippen molar-refractivity contribution in [3.05, 3.63) is 66.9 Å². The van der Waals surface area contributed by atoms with Crippen molar-refractivity contribution in [2.75, 3.05) is 38.5 Å². The lowest BCUT2D eigenvalue weighted by Gasteiger charge is -2.31. The molecule has 7 nitrogen and oxygen atoms in total. The molecule has 8 heteroatoms. The van der Waals surface area contributed by atoms with Gasteiger partial charge in [-0.3, -0.25) is 0 Å². The number of para-hydroxylation sites is 1. The van der Waals surface area contributed by atoms with Crippen molar-refractivity contribution in [2.24, 2.45) is 0 Å². The van der Waals surface area contributed by atoms with Crippen LogP contribution in [0.2, 0.25) is 0 Å². The van der Waals surface area contributed by atoms with Crippen molar-refractivity contribution >= 4 is 21.7 Å². The van der Waals surface area contributed by atoms with E-state index in [-0.39, 0.29) is 0 Å². The van der Waals surface area contributed by atoms with Crippen LogP contribution in [0.4, 0.5) is 11.6 Å². The van der Waals surface area contributed by atoms with Crippen LogP contribution in [0, 0.1) is 0 Å². The molecule has 1 aliphatic heterocycles. The number of benzene rings is 2. The summed E-state index contributed by atoms with van der Waals surface area (Å²) in [7, 11) is -1.47. The highest BCUT2D eigenvalue weighted by Crippen LogP contribution is 2.23. The molecule has 1 aliphatic rings. The number of sulfonamides is 1.